The molecule has 1 aromatic heterocycles. The summed E-state index contributed by atoms with van der Waals surface area (Å²) in [5.41, 5.74) is 1.40. The predicted molar refractivity (Wildman–Crippen MR) is 113 cm³/mol. The van der Waals surface area contributed by atoms with Crippen molar-refractivity contribution in [1.82, 2.24) is 15.1 Å². The number of hydrogen-bond acceptors (Lipinski definition) is 2. The first-order chi connectivity index (χ1) is 13.1. The van der Waals surface area contributed by atoms with Crippen molar-refractivity contribution in [3.63, 3.8) is 0 Å². The van der Waals surface area contributed by atoms with Gasteiger partial charge in [0.15, 0.2) is 10.9 Å². The van der Waals surface area contributed by atoms with Gasteiger partial charge in [-0.3, -0.25) is 4.68 Å². The molecule has 2 aromatic rings. The molecule has 142 valence electrons. The first-order valence-electron chi connectivity index (χ1n) is 9.93. The van der Waals surface area contributed by atoms with Crippen LogP contribution in [-0.4, -0.2) is 14.9 Å². The van der Waals surface area contributed by atoms with E-state index < -0.39 is 0 Å². The fourth-order valence-corrected chi connectivity index (χ4v) is 6.25. The highest BCUT2D eigenvalue weighted by Crippen LogP contribution is 2.58. The maximum absolute atomic E-state index is 5.93. The molecule has 4 fully saturated rings. The molecule has 6 heteroatoms. The minimum Gasteiger partial charge on any atom is -0.358 e. The number of thiocarbonyl (C=S) groups is 1. The largest absolute Gasteiger partial charge is 0.358 e. The highest BCUT2D eigenvalue weighted by molar-refractivity contribution is 7.80. The van der Waals surface area contributed by atoms with Gasteiger partial charge in [0.25, 0.3) is 0 Å². The molecule has 27 heavy (non-hydrogen) atoms. The van der Waals surface area contributed by atoms with Crippen LogP contribution in [0.2, 0.25) is 5.02 Å². The standard InChI is InChI=1S/C21H25ClN4S/c22-18-3-1-14(2-4-18)13-23-20(27)24-19-5-6-26(25-19)21-10-15-7-16(11-21)9-17(8-15)12-21/h1-6,15-17H,7-13H2,(H2,23,24,25,27). The summed E-state index contributed by atoms with van der Waals surface area (Å²) < 4.78 is 2.25. The van der Waals surface area contributed by atoms with Crippen molar-refractivity contribution in [2.24, 2.45) is 17.8 Å². The zero-order valence-corrected chi connectivity index (χ0v) is 16.9. The Morgan fingerprint density at radius 2 is 1.70 bits per heavy atom. The van der Waals surface area contributed by atoms with Crippen LogP contribution in [0.5, 0.6) is 0 Å². The fraction of sp³-hybridized carbons (Fsp3) is 0.524. The molecule has 1 heterocycles. The topological polar surface area (TPSA) is 41.9 Å². The first kappa shape index (κ1) is 17.5. The Labute approximate surface area is 170 Å². The summed E-state index contributed by atoms with van der Waals surface area (Å²) >= 11 is 11.4. The highest BCUT2D eigenvalue weighted by atomic mass is 35.5. The van der Waals surface area contributed by atoms with Crippen molar-refractivity contribution >= 4 is 34.7 Å². The summed E-state index contributed by atoms with van der Waals surface area (Å²) in [5.74, 6) is 3.58. The number of anilines is 1. The third-order valence-corrected chi connectivity index (χ3v) is 7.19. The second-order valence-corrected chi connectivity index (χ2v) is 9.57. The van der Waals surface area contributed by atoms with E-state index in [0.717, 1.165) is 34.2 Å². The minimum atomic E-state index is 0.257. The lowest BCUT2D eigenvalue weighted by Gasteiger charge is -2.56. The Balaban J connectivity index is 1.22. The average molecular weight is 401 g/mol. The average Bonchev–Trinajstić information content (AvgIpc) is 3.09. The fourth-order valence-electron chi connectivity index (χ4n) is 5.95. The molecule has 4 saturated carbocycles. The van der Waals surface area contributed by atoms with Gasteiger partial charge in [0.1, 0.15) is 0 Å². The number of hydrogen-bond donors (Lipinski definition) is 2. The lowest BCUT2D eigenvalue weighted by molar-refractivity contribution is -0.0492. The van der Waals surface area contributed by atoms with Gasteiger partial charge in [-0.15, -0.1) is 0 Å². The predicted octanol–water partition coefficient (Wildman–Crippen LogP) is 4.95. The zero-order chi connectivity index (χ0) is 18.4. The van der Waals surface area contributed by atoms with Gasteiger partial charge in [0, 0.05) is 23.8 Å². The maximum atomic E-state index is 5.93. The van der Waals surface area contributed by atoms with Gasteiger partial charge < -0.3 is 10.6 Å². The van der Waals surface area contributed by atoms with Crippen LogP contribution in [-0.2, 0) is 12.1 Å². The molecule has 0 saturated heterocycles. The van der Waals surface area contributed by atoms with E-state index in [1.807, 2.05) is 24.3 Å². The van der Waals surface area contributed by atoms with Crippen molar-refractivity contribution in [1.29, 1.82) is 0 Å². The Kier molecular flexibility index (Phi) is 4.40. The molecule has 0 atom stereocenters. The molecule has 0 radical (unpaired) electrons. The molecule has 4 aliphatic rings. The molecular weight excluding hydrogens is 376 g/mol. The monoisotopic (exact) mass is 400 g/mol. The number of nitrogens with one attached hydrogen (secondary N) is 2. The molecule has 4 bridgehead atoms. The van der Waals surface area contributed by atoms with Gasteiger partial charge in [-0.2, -0.15) is 5.10 Å². The van der Waals surface area contributed by atoms with Crippen LogP contribution in [0.3, 0.4) is 0 Å². The van der Waals surface area contributed by atoms with Crippen molar-refractivity contribution in [3.8, 4) is 0 Å². The summed E-state index contributed by atoms with van der Waals surface area (Å²) in [5, 5.41) is 12.7. The van der Waals surface area contributed by atoms with E-state index in [9.17, 15) is 0 Å². The van der Waals surface area contributed by atoms with Gasteiger partial charge in [-0.25, -0.2) is 0 Å². The first-order valence-corrected chi connectivity index (χ1v) is 10.7. The van der Waals surface area contributed by atoms with E-state index in [2.05, 4.69) is 27.6 Å². The molecule has 0 unspecified atom stereocenters. The Hall–Kier alpha value is -1.59. The van der Waals surface area contributed by atoms with Crippen molar-refractivity contribution in [2.75, 3.05) is 5.32 Å². The molecule has 2 N–H and O–H groups in total. The second-order valence-electron chi connectivity index (χ2n) is 8.72. The van der Waals surface area contributed by atoms with Gasteiger partial charge in [0.2, 0.25) is 0 Å². The van der Waals surface area contributed by atoms with E-state index in [0.29, 0.717) is 11.7 Å². The van der Waals surface area contributed by atoms with Gasteiger partial charge in [-0.1, -0.05) is 23.7 Å². The van der Waals surface area contributed by atoms with E-state index in [1.54, 1.807) is 0 Å². The van der Waals surface area contributed by atoms with E-state index in [1.165, 1.54) is 38.5 Å². The van der Waals surface area contributed by atoms with Crippen LogP contribution in [0.4, 0.5) is 5.82 Å². The van der Waals surface area contributed by atoms with E-state index in [4.69, 9.17) is 28.9 Å². The number of halogens is 1. The Bertz CT molecular complexity index is 809. The van der Waals surface area contributed by atoms with Crippen LogP contribution in [0.15, 0.2) is 36.5 Å². The number of nitrogens with zero attached hydrogens (tertiary/aromatic N) is 2. The Morgan fingerprint density at radius 1 is 1.07 bits per heavy atom. The van der Waals surface area contributed by atoms with E-state index in [-0.39, 0.29) is 5.54 Å². The van der Waals surface area contributed by atoms with Crippen LogP contribution in [0.25, 0.3) is 0 Å². The minimum absolute atomic E-state index is 0.257. The third kappa shape index (κ3) is 3.47. The molecule has 6 rings (SSSR count). The molecule has 0 spiro atoms. The summed E-state index contributed by atoms with van der Waals surface area (Å²) in [6, 6.07) is 9.83. The lowest BCUT2D eigenvalue weighted by Crippen LogP contribution is -2.52. The third-order valence-electron chi connectivity index (χ3n) is 6.69. The van der Waals surface area contributed by atoms with Gasteiger partial charge in [-0.05, 0) is 86.2 Å². The summed E-state index contributed by atoms with van der Waals surface area (Å²) in [6.45, 7) is 0.665. The normalized spacial score (nSPS) is 31.1. The Morgan fingerprint density at radius 3 is 2.33 bits per heavy atom. The SMILES string of the molecule is S=C(NCc1ccc(Cl)cc1)Nc1ccn(C23CC4CC(CC(C4)C2)C3)n1. The highest BCUT2D eigenvalue weighted by Gasteiger charge is 2.52. The summed E-state index contributed by atoms with van der Waals surface area (Å²) in [4.78, 5) is 0. The molecule has 1 aromatic carbocycles. The van der Waals surface area contributed by atoms with Crippen molar-refractivity contribution < 1.29 is 0 Å². The van der Waals surface area contributed by atoms with E-state index >= 15 is 0 Å². The summed E-state index contributed by atoms with van der Waals surface area (Å²) in [7, 11) is 0. The number of rotatable bonds is 4. The van der Waals surface area contributed by atoms with Crippen LogP contribution in [0.1, 0.15) is 44.1 Å². The summed E-state index contributed by atoms with van der Waals surface area (Å²) in [6.07, 6.45) is 10.4. The van der Waals surface area contributed by atoms with Crippen molar-refractivity contribution in [2.45, 2.75) is 50.6 Å². The lowest BCUT2D eigenvalue weighted by atomic mass is 9.53. The smallest absolute Gasteiger partial charge is 0.172 e. The molecule has 0 amide bonds. The molecule has 0 aliphatic heterocycles. The zero-order valence-electron chi connectivity index (χ0n) is 15.3. The second kappa shape index (κ2) is 6.78. The molecule has 4 aliphatic carbocycles. The van der Waals surface area contributed by atoms with Gasteiger partial charge in [0.05, 0.1) is 5.54 Å². The maximum Gasteiger partial charge on any atom is 0.172 e. The quantitative estimate of drug-likeness (QED) is 0.712. The van der Waals surface area contributed by atoms with Crippen LogP contribution >= 0.6 is 23.8 Å². The number of aromatic nitrogens is 2. The molecule has 4 nitrogen and oxygen atoms in total. The van der Waals surface area contributed by atoms with Gasteiger partial charge >= 0.3 is 0 Å². The van der Waals surface area contributed by atoms with Crippen LogP contribution in [0, 0.1) is 17.8 Å². The van der Waals surface area contributed by atoms with Crippen LogP contribution < -0.4 is 10.6 Å². The number of benzene rings is 1. The van der Waals surface area contributed by atoms with Crippen molar-refractivity contribution in [3.05, 3.63) is 47.1 Å². The molecular formula is C21H25ClN4S.